The van der Waals surface area contributed by atoms with E-state index in [0.717, 1.165) is 12.0 Å². The Morgan fingerprint density at radius 1 is 1.16 bits per heavy atom. The maximum Gasteiger partial charge on any atom is 0.137 e. The quantitative estimate of drug-likeness (QED) is 0.825. The van der Waals surface area contributed by atoms with Crippen molar-refractivity contribution < 1.29 is 4.79 Å². The molecule has 2 nitrogen and oxygen atoms in total. The number of halogens is 1. The van der Waals surface area contributed by atoms with Crippen LogP contribution in [0.1, 0.15) is 37.7 Å². The summed E-state index contributed by atoms with van der Waals surface area (Å²) in [5, 5.41) is 3.64. The molecule has 2 aliphatic heterocycles. The van der Waals surface area contributed by atoms with Crippen LogP contribution in [0.25, 0.3) is 0 Å². The van der Waals surface area contributed by atoms with Crippen LogP contribution in [-0.2, 0) is 11.2 Å². The molecule has 2 heterocycles. The Labute approximate surface area is 128 Å². The normalized spacial score (nSPS) is 29.4. The summed E-state index contributed by atoms with van der Waals surface area (Å²) in [7, 11) is 0. The van der Waals surface area contributed by atoms with Crippen molar-refractivity contribution in [2.45, 2.75) is 50.6 Å². The molecule has 2 aliphatic rings. The van der Waals surface area contributed by atoms with Gasteiger partial charge in [0.15, 0.2) is 0 Å². The molecule has 3 rings (SSSR count). The van der Waals surface area contributed by atoms with Gasteiger partial charge in [0.05, 0.1) is 0 Å². The van der Waals surface area contributed by atoms with Crippen LogP contribution in [0.15, 0.2) is 24.3 Å². The second-order valence-corrected chi connectivity index (χ2v) is 7.27. The molecule has 102 valence electrons. The monoisotopic (exact) mass is 369 g/mol. The van der Waals surface area contributed by atoms with E-state index < -0.39 is 0 Å². The van der Waals surface area contributed by atoms with Crippen molar-refractivity contribution in [3.63, 3.8) is 0 Å². The number of carbonyl (C=O) groups excluding carboxylic acids is 1. The van der Waals surface area contributed by atoms with Crippen molar-refractivity contribution >= 4 is 28.4 Å². The summed E-state index contributed by atoms with van der Waals surface area (Å²) in [5.41, 5.74) is 1.15. The minimum atomic E-state index is 0.410. The van der Waals surface area contributed by atoms with Gasteiger partial charge in [0.25, 0.3) is 0 Å². The number of hydrogen-bond donors (Lipinski definition) is 1. The molecule has 0 amide bonds. The van der Waals surface area contributed by atoms with Crippen LogP contribution in [0, 0.1) is 9.49 Å². The first-order chi connectivity index (χ1) is 9.19. The summed E-state index contributed by atoms with van der Waals surface area (Å²) >= 11 is 2.29. The van der Waals surface area contributed by atoms with Gasteiger partial charge in [-0.2, -0.15) is 0 Å². The minimum Gasteiger partial charge on any atom is -0.311 e. The molecule has 0 saturated carbocycles. The van der Waals surface area contributed by atoms with Gasteiger partial charge in [-0.15, -0.1) is 0 Å². The molecular formula is C16H20INO. The zero-order valence-electron chi connectivity index (χ0n) is 11.1. The molecule has 1 aromatic rings. The van der Waals surface area contributed by atoms with Crippen molar-refractivity contribution in [1.29, 1.82) is 0 Å². The number of nitrogens with one attached hydrogen (secondary N) is 1. The Kier molecular flexibility index (Phi) is 4.22. The molecular weight excluding hydrogens is 349 g/mol. The molecule has 0 spiro atoms. The molecule has 1 N–H and O–H groups in total. The highest BCUT2D eigenvalue weighted by Gasteiger charge is 2.33. The Bertz CT molecular complexity index is 444. The van der Waals surface area contributed by atoms with E-state index >= 15 is 0 Å². The molecule has 2 saturated heterocycles. The molecule has 3 heteroatoms. The van der Waals surface area contributed by atoms with Gasteiger partial charge in [0.2, 0.25) is 0 Å². The Morgan fingerprint density at radius 3 is 2.42 bits per heavy atom. The number of fused-ring (bicyclic) bond motifs is 2. The molecule has 2 unspecified atom stereocenters. The van der Waals surface area contributed by atoms with Gasteiger partial charge < -0.3 is 5.32 Å². The molecule has 2 bridgehead atoms. The zero-order chi connectivity index (χ0) is 13.2. The van der Waals surface area contributed by atoms with Gasteiger partial charge in [-0.05, 0) is 71.9 Å². The molecule has 2 atom stereocenters. The fourth-order valence-corrected chi connectivity index (χ4v) is 3.93. The average Bonchev–Trinajstić information content (AvgIpc) is 2.72. The van der Waals surface area contributed by atoms with Crippen LogP contribution >= 0.6 is 22.6 Å². The maximum absolute atomic E-state index is 12.2. The van der Waals surface area contributed by atoms with Crippen LogP contribution in [0.3, 0.4) is 0 Å². The minimum absolute atomic E-state index is 0.410. The van der Waals surface area contributed by atoms with Crippen molar-refractivity contribution in [2.75, 3.05) is 0 Å². The van der Waals surface area contributed by atoms with E-state index in [4.69, 9.17) is 0 Å². The fraction of sp³-hybridized carbons (Fsp3) is 0.562. The van der Waals surface area contributed by atoms with E-state index in [2.05, 4.69) is 52.2 Å². The number of benzene rings is 1. The molecule has 0 radical (unpaired) electrons. The van der Waals surface area contributed by atoms with Crippen molar-refractivity contribution in [3.05, 3.63) is 33.4 Å². The summed E-state index contributed by atoms with van der Waals surface area (Å²) in [4.78, 5) is 12.2. The third-order valence-corrected chi connectivity index (χ3v) is 5.12. The van der Waals surface area contributed by atoms with Crippen LogP contribution < -0.4 is 5.32 Å². The second kappa shape index (κ2) is 5.92. The van der Waals surface area contributed by atoms with Crippen LogP contribution in [-0.4, -0.2) is 17.9 Å². The highest BCUT2D eigenvalue weighted by Crippen LogP contribution is 2.32. The Hall–Kier alpha value is -0.420. The van der Waals surface area contributed by atoms with Gasteiger partial charge >= 0.3 is 0 Å². The van der Waals surface area contributed by atoms with Gasteiger partial charge in [0, 0.05) is 28.5 Å². The third-order valence-electron chi connectivity index (χ3n) is 4.40. The van der Waals surface area contributed by atoms with E-state index in [1.165, 1.54) is 29.3 Å². The summed E-state index contributed by atoms with van der Waals surface area (Å²) in [6, 6.07) is 9.68. The lowest BCUT2D eigenvalue weighted by molar-refractivity contribution is -0.119. The smallest absolute Gasteiger partial charge is 0.137 e. The van der Waals surface area contributed by atoms with E-state index in [9.17, 15) is 4.79 Å². The number of hydrogen-bond acceptors (Lipinski definition) is 2. The number of ketones is 1. The Balaban J connectivity index is 1.52. The van der Waals surface area contributed by atoms with Crippen LogP contribution in [0.4, 0.5) is 0 Å². The Morgan fingerprint density at radius 2 is 1.79 bits per heavy atom. The van der Waals surface area contributed by atoms with Crippen molar-refractivity contribution in [1.82, 2.24) is 5.32 Å². The summed E-state index contributed by atoms with van der Waals surface area (Å²) in [5.74, 6) is 1.03. The zero-order valence-corrected chi connectivity index (χ0v) is 13.2. The van der Waals surface area contributed by atoms with Gasteiger partial charge in [-0.3, -0.25) is 4.79 Å². The fourth-order valence-electron chi connectivity index (χ4n) is 3.57. The van der Waals surface area contributed by atoms with E-state index in [1.807, 2.05) is 0 Å². The molecule has 2 fully saturated rings. The number of Topliss-reactive ketones (excluding diaryl/α,β-unsaturated/α-hetero) is 1. The second-order valence-electron chi connectivity index (χ2n) is 6.02. The van der Waals surface area contributed by atoms with Crippen LogP contribution in [0.5, 0.6) is 0 Å². The lowest BCUT2D eigenvalue weighted by atomic mass is 9.87. The average molecular weight is 369 g/mol. The van der Waals surface area contributed by atoms with Gasteiger partial charge in [-0.25, -0.2) is 0 Å². The van der Waals surface area contributed by atoms with Crippen molar-refractivity contribution in [2.24, 2.45) is 5.92 Å². The van der Waals surface area contributed by atoms with E-state index in [0.29, 0.717) is 30.2 Å². The highest BCUT2D eigenvalue weighted by molar-refractivity contribution is 14.1. The highest BCUT2D eigenvalue weighted by atomic mass is 127. The lowest BCUT2D eigenvalue weighted by Gasteiger charge is -2.28. The van der Waals surface area contributed by atoms with Gasteiger partial charge in [-0.1, -0.05) is 12.1 Å². The largest absolute Gasteiger partial charge is 0.311 e. The lowest BCUT2D eigenvalue weighted by Crippen LogP contribution is -2.38. The number of piperidine rings is 1. The first-order valence-electron chi connectivity index (χ1n) is 7.21. The predicted molar refractivity (Wildman–Crippen MR) is 85.2 cm³/mol. The third kappa shape index (κ3) is 3.57. The topological polar surface area (TPSA) is 29.1 Å². The number of rotatable bonds is 4. The summed E-state index contributed by atoms with van der Waals surface area (Å²) in [6.45, 7) is 0. The number of carbonyl (C=O) groups is 1. The molecule has 1 aromatic carbocycles. The first kappa shape index (κ1) is 13.6. The van der Waals surface area contributed by atoms with E-state index in [1.54, 1.807) is 0 Å². The van der Waals surface area contributed by atoms with Crippen LogP contribution in [0.2, 0.25) is 0 Å². The SMILES string of the molecule is O=C(Cc1ccc(I)cc1)CC1CC2CCC(C1)N2. The van der Waals surface area contributed by atoms with Gasteiger partial charge in [0.1, 0.15) is 5.78 Å². The molecule has 19 heavy (non-hydrogen) atoms. The predicted octanol–water partition coefficient (Wildman–Crippen LogP) is 3.32. The maximum atomic E-state index is 12.2. The molecule has 0 aliphatic carbocycles. The standard InChI is InChI=1S/C16H20INO/c17-13-3-1-11(2-4-13)9-16(19)10-12-7-14-5-6-15(8-12)18-14/h1-4,12,14-15,18H,5-10H2. The van der Waals surface area contributed by atoms with Crippen molar-refractivity contribution in [3.8, 4) is 0 Å². The summed E-state index contributed by atoms with van der Waals surface area (Å²) < 4.78 is 1.23. The first-order valence-corrected chi connectivity index (χ1v) is 8.29. The summed E-state index contributed by atoms with van der Waals surface area (Å²) in [6.07, 6.45) is 6.42. The molecule has 0 aromatic heterocycles. The van der Waals surface area contributed by atoms with E-state index in [-0.39, 0.29) is 0 Å².